The summed E-state index contributed by atoms with van der Waals surface area (Å²) in [7, 11) is 0. The minimum Gasteiger partial charge on any atom is -0.361 e. The highest BCUT2D eigenvalue weighted by Gasteiger charge is 1.99. The first kappa shape index (κ1) is 8.57. The second-order valence-electron chi connectivity index (χ2n) is 3.05. The molecule has 2 rings (SSSR count). The van der Waals surface area contributed by atoms with Crippen LogP contribution in [0, 0.1) is 6.92 Å². The van der Waals surface area contributed by atoms with Crippen molar-refractivity contribution in [3.63, 3.8) is 0 Å². The predicted molar refractivity (Wildman–Crippen MR) is 58.7 cm³/mol. The maximum absolute atomic E-state index is 3.52. The quantitative estimate of drug-likeness (QED) is 0.776. The van der Waals surface area contributed by atoms with Gasteiger partial charge in [-0.05, 0) is 36.2 Å². The Morgan fingerprint density at radius 3 is 2.69 bits per heavy atom. The zero-order valence-corrected chi connectivity index (χ0v) is 8.93. The molecule has 0 saturated carbocycles. The van der Waals surface area contributed by atoms with E-state index in [2.05, 4.69) is 52.1 Å². The molecule has 0 bridgehead atoms. The maximum atomic E-state index is 3.52. The third-order valence-corrected chi connectivity index (χ3v) is 2.94. The van der Waals surface area contributed by atoms with Crippen LogP contribution < -0.4 is 0 Å². The van der Waals surface area contributed by atoms with E-state index in [0.717, 1.165) is 10.2 Å². The van der Waals surface area contributed by atoms with Crippen molar-refractivity contribution < 1.29 is 0 Å². The average Bonchev–Trinajstić information content (AvgIpc) is 2.62. The average molecular weight is 236 g/mol. The molecule has 0 aliphatic carbocycles. The third-order valence-electron chi connectivity index (χ3n) is 2.08. The van der Waals surface area contributed by atoms with Crippen LogP contribution in [-0.2, 0) is 0 Å². The van der Waals surface area contributed by atoms with E-state index in [0.29, 0.717) is 0 Å². The summed E-state index contributed by atoms with van der Waals surface area (Å²) in [5.41, 5.74) is 3.62. The third kappa shape index (κ3) is 1.68. The summed E-state index contributed by atoms with van der Waals surface area (Å²) < 4.78 is 1.15. The highest BCUT2D eigenvalue weighted by molar-refractivity contribution is 9.10. The lowest BCUT2D eigenvalue weighted by Gasteiger charge is -2.01. The van der Waals surface area contributed by atoms with Gasteiger partial charge in [-0.1, -0.05) is 28.1 Å². The Hall–Kier alpha value is -1.02. The number of halogens is 1. The van der Waals surface area contributed by atoms with E-state index in [4.69, 9.17) is 0 Å². The number of benzene rings is 1. The number of rotatable bonds is 1. The smallest absolute Gasteiger partial charge is 0.0454 e. The van der Waals surface area contributed by atoms with Crippen molar-refractivity contribution in [1.82, 2.24) is 4.98 Å². The molecule has 0 saturated heterocycles. The summed E-state index contributed by atoms with van der Waals surface area (Å²) in [6, 6.07) is 10.4. The number of aryl methyl sites for hydroxylation is 1. The van der Waals surface area contributed by atoms with E-state index in [1.807, 2.05) is 12.3 Å². The van der Waals surface area contributed by atoms with Gasteiger partial charge >= 0.3 is 0 Å². The van der Waals surface area contributed by atoms with Crippen molar-refractivity contribution in [2.75, 3.05) is 0 Å². The van der Waals surface area contributed by atoms with Gasteiger partial charge in [0.2, 0.25) is 0 Å². The maximum Gasteiger partial charge on any atom is 0.0454 e. The van der Waals surface area contributed by atoms with Gasteiger partial charge in [0.15, 0.2) is 0 Å². The fourth-order valence-electron chi connectivity index (χ4n) is 1.27. The van der Waals surface area contributed by atoms with Crippen LogP contribution in [0.5, 0.6) is 0 Å². The van der Waals surface area contributed by atoms with Gasteiger partial charge in [0, 0.05) is 16.4 Å². The highest BCUT2D eigenvalue weighted by Crippen LogP contribution is 2.24. The molecule has 1 aromatic carbocycles. The van der Waals surface area contributed by atoms with Gasteiger partial charge in [-0.2, -0.15) is 0 Å². The molecular formula is C11H10BrN. The van der Waals surface area contributed by atoms with Crippen LogP contribution in [0.1, 0.15) is 5.56 Å². The molecule has 0 unspecified atom stereocenters. The van der Waals surface area contributed by atoms with E-state index in [-0.39, 0.29) is 0 Å². The normalized spacial score (nSPS) is 10.3. The van der Waals surface area contributed by atoms with Crippen molar-refractivity contribution in [3.8, 4) is 11.3 Å². The molecule has 0 fully saturated rings. The molecule has 0 aliphatic heterocycles. The van der Waals surface area contributed by atoms with Crippen molar-refractivity contribution in [1.29, 1.82) is 0 Å². The Morgan fingerprint density at radius 1 is 1.23 bits per heavy atom. The fraction of sp³-hybridized carbons (Fsp3) is 0.0909. The molecule has 2 heteroatoms. The number of aromatic amines is 1. The van der Waals surface area contributed by atoms with Crippen LogP contribution in [0.3, 0.4) is 0 Å². The standard InChI is InChI=1S/C11H10BrN/c1-8-4-5-9(7-10(8)12)11-3-2-6-13-11/h2-7,13H,1H3. The topological polar surface area (TPSA) is 15.8 Å². The van der Waals surface area contributed by atoms with Crippen LogP contribution in [0.4, 0.5) is 0 Å². The van der Waals surface area contributed by atoms with Crippen molar-refractivity contribution in [2.24, 2.45) is 0 Å². The Balaban J connectivity index is 2.49. The Morgan fingerprint density at radius 2 is 2.08 bits per heavy atom. The van der Waals surface area contributed by atoms with E-state index >= 15 is 0 Å². The first-order valence-electron chi connectivity index (χ1n) is 4.17. The fourth-order valence-corrected chi connectivity index (χ4v) is 1.65. The van der Waals surface area contributed by atoms with E-state index in [1.165, 1.54) is 11.1 Å². The lowest BCUT2D eigenvalue weighted by molar-refractivity contribution is 1.37. The summed E-state index contributed by atoms with van der Waals surface area (Å²) in [6.45, 7) is 2.09. The van der Waals surface area contributed by atoms with Crippen LogP contribution in [-0.4, -0.2) is 4.98 Å². The first-order chi connectivity index (χ1) is 6.27. The molecule has 13 heavy (non-hydrogen) atoms. The summed E-state index contributed by atoms with van der Waals surface area (Å²) >= 11 is 3.52. The molecule has 2 aromatic rings. The highest BCUT2D eigenvalue weighted by atomic mass is 79.9. The molecule has 1 heterocycles. The van der Waals surface area contributed by atoms with Gasteiger partial charge < -0.3 is 4.98 Å². The van der Waals surface area contributed by atoms with Crippen molar-refractivity contribution in [3.05, 3.63) is 46.6 Å². The SMILES string of the molecule is Cc1ccc(-c2ccc[nH]2)cc1Br. The van der Waals surface area contributed by atoms with Gasteiger partial charge in [-0.15, -0.1) is 0 Å². The van der Waals surface area contributed by atoms with E-state index < -0.39 is 0 Å². The number of H-pyrrole nitrogens is 1. The van der Waals surface area contributed by atoms with Crippen LogP contribution >= 0.6 is 15.9 Å². The molecule has 1 nitrogen and oxygen atoms in total. The minimum atomic E-state index is 1.15. The minimum absolute atomic E-state index is 1.15. The van der Waals surface area contributed by atoms with Crippen LogP contribution in [0.2, 0.25) is 0 Å². The molecule has 0 radical (unpaired) electrons. The summed E-state index contributed by atoms with van der Waals surface area (Å²) in [4.78, 5) is 3.18. The molecule has 0 spiro atoms. The molecular weight excluding hydrogens is 226 g/mol. The number of aromatic nitrogens is 1. The Kier molecular flexibility index (Phi) is 2.23. The molecule has 1 N–H and O–H groups in total. The van der Waals surface area contributed by atoms with Crippen LogP contribution in [0.15, 0.2) is 41.0 Å². The molecule has 66 valence electrons. The zero-order chi connectivity index (χ0) is 9.26. The number of hydrogen-bond donors (Lipinski definition) is 1. The predicted octanol–water partition coefficient (Wildman–Crippen LogP) is 3.75. The lowest BCUT2D eigenvalue weighted by atomic mass is 10.1. The molecule has 1 aromatic heterocycles. The van der Waals surface area contributed by atoms with Gasteiger partial charge in [0.05, 0.1) is 0 Å². The summed E-state index contributed by atoms with van der Waals surface area (Å²) in [5.74, 6) is 0. The van der Waals surface area contributed by atoms with E-state index in [9.17, 15) is 0 Å². The largest absolute Gasteiger partial charge is 0.361 e. The number of hydrogen-bond acceptors (Lipinski definition) is 0. The second-order valence-corrected chi connectivity index (χ2v) is 3.90. The summed E-state index contributed by atoms with van der Waals surface area (Å²) in [6.07, 6.45) is 1.93. The second kappa shape index (κ2) is 3.38. The van der Waals surface area contributed by atoms with Crippen molar-refractivity contribution >= 4 is 15.9 Å². The monoisotopic (exact) mass is 235 g/mol. The van der Waals surface area contributed by atoms with Gasteiger partial charge in [-0.25, -0.2) is 0 Å². The Labute approximate surface area is 85.9 Å². The number of nitrogens with one attached hydrogen (secondary N) is 1. The van der Waals surface area contributed by atoms with Crippen LogP contribution in [0.25, 0.3) is 11.3 Å². The molecule has 0 amide bonds. The van der Waals surface area contributed by atoms with Gasteiger partial charge in [0.1, 0.15) is 0 Å². The first-order valence-corrected chi connectivity index (χ1v) is 4.96. The van der Waals surface area contributed by atoms with E-state index in [1.54, 1.807) is 0 Å². The summed E-state index contributed by atoms with van der Waals surface area (Å²) in [5, 5.41) is 0. The Bertz CT molecular complexity index is 404. The molecule has 0 atom stereocenters. The lowest BCUT2D eigenvalue weighted by Crippen LogP contribution is -1.79. The molecule has 0 aliphatic rings. The van der Waals surface area contributed by atoms with Crippen molar-refractivity contribution in [2.45, 2.75) is 6.92 Å². The van der Waals surface area contributed by atoms with Gasteiger partial charge in [0.25, 0.3) is 0 Å². The van der Waals surface area contributed by atoms with Gasteiger partial charge in [-0.3, -0.25) is 0 Å². The zero-order valence-electron chi connectivity index (χ0n) is 7.34.